The largest absolute Gasteiger partial charge is 0.289 e. The zero-order valence-electron chi connectivity index (χ0n) is 10.2. The van der Waals surface area contributed by atoms with E-state index in [2.05, 4.69) is 0 Å². The van der Waals surface area contributed by atoms with Gasteiger partial charge in [0.25, 0.3) is 10.1 Å². The summed E-state index contributed by atoms with van der Waals surface area (Å²) in [5, 5.41) is -1.37. The smallest absolute Gasteiger partial charge is 0.272 e. The second-order valence-electron chi connectivity index (χ2n) is 4.67. The lowest BCUT2D eigenvalue weighted by atomic mass is 9.80. The molecule has 1 aromatic rings. The zero-order valence-corrected chi connectivity index (χ0v) is 11.1. The third-order valence-corrected chi connectivity index (χ3v) is 4.66. The molecule has 1 aromatic carbocycles. The van der Waals surface area contributed by atoms with Crippen LogP contribution in [0, 0.1) is 0 Å². The Morgan fingerprint density at radius 1 is 1.05 bits per heavy atom. The number of hydrogen-bond acceptors (Lipinski definition) is 4. The third-order valence-electron chi connectivity index (χ3n) is 3.51. The summed E-state index contributed by atoms with van der Waals surface area (Å²) in [4.78, 5) is 24.8. The number of hydrogen-bond donors (Lipinski definition) is 1. The maximum Gasteiger partial charge on any atom is 0.272 e. The molecule has 3 rings (SSSR count). The van der Waals surface area contributed by atoms with Gasteiger partial charge in [0.05, 0.1) is 0 Å². The monoisotopic (exact) mass is 290 g/mol. The number of fused-ring (bicyclic) bond motifs is 1. The van der Waals surface area contributed by atoms with Crippen LogP contribution < -0.4 is 0 Å². The molecule has 0 radical (unpaired) electrons. The number of allylic oxidation sites excluding steroid dienone is 3. The first-order chi connectivity index (χ1) is 9.41. The van der Waals surface area contributed by atoms with E-state index in [4.69, 9.17) is 0 Å². The van der Waals surface area contributed by atoms with Crippen molar-refractivity contribution >= 4 is 21.7 Å². The molecular formula is C14H10O5S. The van der Waals surface area contributed by atoms with Gasteiger partial charge in [-0.25, -0.2) is 0 Å². The van der Waals surface area contributed by atoms with Gasteiger partial charge in [0.1, 0.15) is 5.25 Å². The van der Waals surface area contributed by atoms with E-state index in [0.29, 0.717) is 0 Å². The van der Waals surface area contributed by atoms with Gasteiger partial charge in [0.2, 0.25) is 0 Å². The average molecular weight is 290 g/mol. The molecule has 6 heteroatoms. The van der Waals surface area contributed by atoms with Crippen LogP contribution in [0.1, 0.15) is 27.1 Å². The quantitative estimate of drug-likeness (QED) is 0.793. The van der Waals surface area contributed by atoms with Gasteiger partial charge in [-0.3, -0.25) is 14.1 Å². The second-order valence-corrected chi connectivity index (χ2v) is 6.27. The highest BCUT2D eigenvalue weighted by molar-refractivity contribution is 7.86. The van der Waals surface area contributed by atoms with Crippen molar-refractivity contribution < 1.29 is 22.6 Å². The van der Waals surface area contributed by atoms with Crippen LogP contribution in [0.15, 0.2) is 47.6 Å². The van der Waals surface area contributed by atoms with E-state index in [1.807, 2.05) is 0 Å². The summed E-state index contributed by atoms with van der Waals surface area (Å²) in [5.41, 5.74) is 0.373. The van der Waals surface area contributed by atoms with Gasteiger partial charge in [-0.15, -0.1) is 0 Å². The number of benzene rings is 1. The Labute approximate surface area is 115 Å². The minimum absolute atomic E-state index is 0.0150. The Morgan fingerprint density at radius 3 is 2.25 bits per heavy atom. The predicted molar refractivity (Wildman–Crippen MR) is 71.2 cm³/mol. The Kier molecular flexibility index (Phi) is 2.74. The van der Waals surface area contributed by atoms with Crippen molar-refractivity contribution in [2.45, 2.75) is 11.7 Å². The fourth-order valence-electron chi connectivity index (χ4n) is 2.60. The molecule has 2 aliphatic rings. The molecule has 0 heterocycles. The van der Waals surface area contributed by atoms with Gasteiger partial charge in [0.15, 0.2) is 11.6 Å². The molecule has 0 saturated heterocycles. The standard InChI is InChI=1S/C14H10O5S/c15-13-8-4-1-2-5-9(8)14(16)12-10(13)6-3-7-11(12)20(17,18)19/h1-6,11H,7H2,(H,17,18,19). The lowest BCUT2D eigenvalue weighted by Crippen LogP contribution is -2.34. The molecule has 1 atom stereocenters. The van der Waals surface area contributed by atoms with Crippen LogP contribution in [-0.4, -0.2) is 29.8 Å². The number of Topliss-reactive ketones (excluding diaryl/α,β-unsaturated/α-hetero) is 2. The first-order valence-electron chi connectivity index (χ1n) is 5.96. The van der Waals surface area contributed by atoms with Crippen LogP contribution >= 0.6 is 0 Å². The van der Waals surface area contributed by atoms with Crippen molar-refractivity contribution in [3.8, 4) is 0 Å². The van der Waals surface area contributed by atoms with Crippen molar-refractivity contribution in [2.75, 3.05) is 0 Å². The van der Waals surface area contributed by atoms with Crippen molar-refractivity contribution in [2.24, 2.45) is 0 Å². The van der Waals surface area contributed by atoms with Gasteiger partial charge in [0, 0.05) is 22.3 Å². The maximum absolute atomic E-state index is 12.4. The molecule has 1 unspecified atom stereocenters. The highest BCUT2D eigenvalue weighted by Crippen LogP contribution is 2.34. The van der Waals surface area contributed by atoms with Crippen LogP contribution in [0.3, 0.4) is 0 Å². The first-order valence-corrected chi connectivity index (χ1v) is 7.47. The highest BCUT2D eigenvalue weighted by Gasteiger charge is 2.40. The molecular weight excluding hydrogens is 280 g/mol. The summed E-state index contributed by atoms with van der Waals surface area (Å²) in [7, 11) is -4.44. The second kappa shape index (κ2) is 4.22. The Hall–Kier alpha value is -2.05. The summed E-state index contributed by atoms with van der Waals surface area (Å²) in [6.07, 6.45) is 2.92. The van der Waals surface area contributed by atoms with E-state index < -0.39 is 21.2 Å². The highest BCUT2D eigenvalue weighted by atomic mass is 32.2. The van der Waals surface area contributed by atoms with E-state index in [0.717, 1.165) is 0 Å². The van der Waals surface area contributed by atoms with Gasteiger partial charge in [-0.2, -0.15) is 8.42 Å². The normalized spacial score (nSPS) is 21.8. The van der Waals surface area contributed by atoms with Gasteiger partial charge >= 0.3 is 0 Å². The molecule has 0 aromatic heterocycles. The van der Waals surface area contributed by atoms with E-state index in [1.54, 1.807) is 12.1 Å². The van der Waals surface area contributed by atoms with Crippen LogP contribution in [-0.2, 0) is 10.1 Å². The van der Waals surface area contributed by atoms with Crippen LogP contribution in [0.25, 0.3) is 0 Å². The van der Waals surface area contributed by atoms with Gasteiger partial charge in [-0.05, 0) is 6.42 Å². The fourth-order valence-corrected chi connectivity index (χ4v) is 3.48. The molecule has 5 nitrogen and oxygen atoms in total. The lowest BCUT2D eigenvalue weighted by molar-refractivity contribution is 0.0974. The Morgan fingerprint density at radius 2 is 1.65 bits per heavy atom. The maximum atomic E-state index is 12.4. The summed E-state index contributed by atoms with van der Waals surface area (Å²) in [5.74, 6) is -0.901. The molecule has 1 N–H and O–H groups in total. The minimum atomic E-state index is -4.44. The van der Waals surface area contributed by atoms with Crippen molar-refractivity contribution in [3.05, 3.63) is 58.7 Å². The number of carbonyl (C=O) groups is 2. The Balaban J connectivity index is 2.28. The SMILES string of the molecule is O=C1C2=C(C(=O)c3ccccc31)C(S(=O)(=O)O)CC=C2. The number of carbonyl (C=O) groups excluding carboxylic acids is 2. The summed E-state index contributed by atoms with van der Waals surface area (Å²) in [6.45, 7) is 0. The first kappa shape index (κ1) is 13.0. The molecule has 20 heavy (non-hydrogen) atoms. The Bertz CT molecular complexity index is 799. The number of ketones is 2. The minimum Gasteiger partial charge on any atom is -0.289 e. The molecule has 0 saturated carbocycles. The summed E-state index contributed by atoms with van der Waals surface area (Å²) in [6, 6.07) is 6.27. The molecule has 2 aliphatic carbocycles. The molecule has 0 fully saturated rings. The molecule has 0 bridgehead atoms. The van der Waals surface area contributed by atoms with Crippen molar-refractivity contribution in [1.82, 2.24) is 0 Å². The molecule has 102 valence electrons. The molecule has 0 aliphatic heterocycles. The van der Waals surface area contributed by atoms with E-state index in [1.165, 1.54) is 24.3 Å². The van der Waals surface area contributed by atoms with E-state index >= 15 is 0 Å². The van der Waals surface area contributed by atoms with Crippen LogP contribution in [0.2, 0.25) is 0 Å². The predicted octanol–water partition coefficient (Wildman–Crippen LogP) is 1.58. The van der Waals surface area contributed by atoms with Crippen LogP contribution in [0.4, 0.5) is 0 Å². The van der Waals surface area contributed by atoms with E-state index in [-0.39, 0.29) is 34.5 Å². The third kappa shape index (κ3) is 1.76. The zero-order chi connectivity index (χ0) is 14.5. The summed E-state index contributed by atoms with van der Waals surface area (Å²) >= 11 is 0. The molecule has 0 spiro atoms. The topological polar surface area (TPSA) is 88.5 Å². The number of rotatable bonds is 1. The van der Waals surface area contributed by atoms with Crippen molar-refractivity contribution in [1.29, 1.82) is 0 Å². The van der Waals surface area contributed by atoms with Gasteiger partial charge < -0.3 is 0 Å². The van der Waals surface area contributed by atoms with Crippen molar-refractivity contribution in [3.63, 3.8) is 0 Å². The average Bonchev–Trinajstić information content (AvgIpc) is 2.43. The summed E-state index contributed by atoms with van der Waals surface area (Å²) < 4.78 is 32.1. The lowest BCUT2D eigenvalue weighted by Gasteiger charge is -2.26. The van der Waals surface area contributed by atoms with Crippen LogP contribution in [0.5, 0.6) is 0 Å². The van der Waals surface area contributed by atoms with Gasteiger partial charge in [-0.1, -0.05) is 36.4 Å². The van der Waals surface area contributed by atoms with E-state index in [9.17, 15) is 22.6 Å². The fraction of sp³-hybridized carbons (Fsp3) is 0.143. The molecule has 0 amide bonds.